The number of rotatable bonds is 4. The molecule has 1 fully saturated rings. The summed E-state index contributed by atoms with van der Waals surface area (Å²) < 4.78 is 0. The summed E-state index contributed by atoms with van der Waals surface area (Å²) in [4.78, 5) is 25.6. The Morgan fingerprint density at radius 2 is 2.00 bits per heavy atom. The molecule has 0 atom stereocenters. The molecule has 2 amide bonds. The van der Waals surface area contributed by atoms with Crippen molar-refractivity contribution in [1.29, 1.82) is 0 Å². The van der Waals surface area contributed by atoms with Crippen LogP contribution in [0.4, 0.5) is 5.69 Å². The van der Waals surface area contributed by atoms with Crippen molar-refractivity contribution in [1.82, 2.24) is 10.2 Å². The molecule has 2 rings (SSSR count). The highest BCUT2D eigenvalue weighted by Crippen LogP contribution is 2.17. The standard InChI is InChI=1S/C14H18ClN3O2/c15-10-3-4-11(12(16)9-10)14(20)17-6-5-13(19)18-7-1-2-8-18/h3-4,9H,1-2,5-8,16H2,(H,17,20). The first-order valence-electron chi connectivity index (χ1n) is 6.69. The fourth-order valence-corrected chi connectivity index (χ4v) is 2.42. The number of carbonyl (C=O) groups is 2. The van der Waals surface area contributed by atoms with Crippen LogP contribution in [0.25, 0.3) is 0 Å². The van der Waals surface area contributed by atoms with Gasteiger partial charge in [0.2, 0.25) is 5.91 Å². The maximum absolute atomic E-state index is 11.9. The van der Waals surface area contributed by atoms with Crippen molar-refractivity contribution in [3.8, 4) is 0 Å². The lowest BCUT2D eigenvalue weighted by atomic mass is 10.1. The number of nitrogens with two attached hydrogens (primary N) is 1. The van der Waals surface area contributed by atoms with E-state index in [9.17, 15) is 9.59 Å². The Bertz CT molecular complexity index is 513. The lowest BCUT2D eigenvalue weighted by molar-refractivity contribution is -0.129. The third kappa shape index (κ3) is 3.63. The molecule has 1 aliphatic rings. The number of nitrogen functional groups attached to an aromatic ring is 1. The third-order valence-electron chi connectivity index (χ3n) is 3.34. The van der Waals surface area contributed by atoms with Crippen LogP contribution >= 0.6 is 11.6 Å². The van der Waals surface area contributed by atoms with Gasteiger partial charge in [-0.15, -0.1) is 0 Å². The SMILES string of the molecule is Nc1cc(Cl)ccc1C(=O)NCCC(=O)N1CCCC1. The van der Waals surface area contributed by atoms with Gasteiger partial charge in [-0.1, -0.05) is 11.6 Å². The Labute approximate surface area is 123 Å². The Morgan fingerprint density at radius 3 is 2.65 bits per heavy atom. The summed E-state index contributed by atoms with van der Waals surface area (Å²) in [6.45, 7) is 1.98. The van der Waals surface area contributed by atoms with E-state index in [0.717, 1.165) is 25.9 Å². The predicted octanol–water partition coefficient (Wildman–Crippen LogP) is 1.66. The van der Waals surface area contributed by atoms with Gasteiger partial charge in [0.15, 0.2) is 0 Å². The molecule has 20 heavy (non-hydrogen) atoms. The van der Waals surface area contributed by atoms with Crippen molar-refractivity contribution in [2.24, 2.45) is 0 Å². The molecule has 0 aromatic heterocycles. The smallest absolute Gasteiger partial charge is 0.253 e. The molecule has 108 valence electrons. The van der Waals surface area contributed by atoms with E-state index in [0.29, 0.717) is 29.2 Å². The number of nitrogens with one attached hydrogen (secondary N) is 1. The topological polar surface area (TPSA) is 75.4 Å². The molecule has 0 spiro atoms. The summed E-state index contributed by atoms with van der Waals surface area (Å²) in [7, 11) is 0. The highest BCUT2D eigenvalue weighted by Gasteiger charge is 2.17. The highest BCUT2D eigenvalue weighted by molar-refractivity contribution is 6.31. The zero-order chi connectivity index (χ0) is 14.5. The molecule has 5 nitrogen and oxygen atoms in total. The molecule has 0 aliphatic carbocycles. The Hall–Kier alpha value is -1.75. The second-order valence-corrected chi connectivity index (χ2v) is 5.26. The van der Waals surface area contributed by atoms with Gasteiger partial charge in [-0.2, -0.15) is 0 Å². The maximum Gasteiger partial charge on any atom is 0.253 e. The number of carbonyl (C=O) groups excluding carboxylic acids is 2. The molecular weight excluding hydrogens is 278 g/mol. The van der Waals surface area contributed by atoms with Gasteiger partial charge >= 0.3 is 0 Å². The fourth-order valence-electron chi connectivity index (χ4n) is 2.24. The van der Waals surface area contributed by atoms with Crippen LogP contribution in [-0.4, -0.2) is 36.3 Å². The predicted molar refractivity (Wildman–Crippen MR) is 78.6 cm³/mol. The van der Waals surface area contributed by atoms with E-state index in [-0.39, 0.29) is 11.8 Å². The van der Waals surface area contributed by atoms with E-state index in [4.69, 9.17) is 17.3 Å². The number of benzene rings is 1. The number of amides is 2. The lowest BCUT2D eigenvalue weighted by Crippen LogP contribution is -2.32. The minimum absolute atomic E-state index is 0.0897. The summed E-state index contributed by atoms with van der Waals surface area (Å²) >= 11 is 5.78. The Balaban J connectivity index is 1.81. The molecule has 1 heterocycles. The quantitative estimate of drug-likeness (QED) is 0.830. The van der Waals surface area contributed by atoms with Crippen molar-refractivity contribution in [2.45, 2.75) is 19.3 Å². The fraction of sp³-hybridized carbons (Fsp3) is 0.429. The van der Waals surface area contributed by atoms with E-state index in [1.165, 1.54) is 6.07 Å². The molecule has 1 aromatic carbocycles. The van der Waals surface area contributed by atoms with Crippen LogP contribution in [-0.2, 0) is 4.79 Å². The first-order valence-corrected chi connectivity index (χ1v) is 7.07. The van der Waals surface area contributed by atoms with Gasteiger partial charge in [-0.25, -0.2) is 0 Å². The molecule has 1 aliphatic heterocycles. The number of likely N-dealkylation sites (tertiary alicyclic amines) is 1. The molecular formula is C14H18ClN3O2. The van der Waals surface area contributed by atoms with Crippen molar-refractivity contribution in [3.63, 3.8) is 0 Å². The molecule has 1 aromatic rings. The second kappa shape index (κ2) is 6.61. The third-order valence-corrected chi connectivity index (χ3v) is 3.58. The summed E-state index contributed by atoms with van der Waals surface area (Å²) in [6.07, 6.45) is 2.46. The van der Waals surface area contributed by atoms with Crippen molar-refractivity contribution >= 4 is 29.1 Å². The van der Waals surface area contributed by atoms with Crippen LogP contribution in [0.1, 0.15) is 29.6 Å². The average Bonchev–Trinajstić information content (AvgIpc) is 2.92. The van der Waals surface area contributed by atoms with Crippen LogP contribution in [0.3, 0.4) is 0 Å². The zero-order valence-electron chi connectivity index (χ0n) is 11.2. The molecule has 0 unspecified atom stereocenters. The molecule has 6 heteroatoms. The zero-order valence-corrected chi connectivity index (χ0v) is 11.9. The van der Waals surface area contributed by atoms with E-state index < -0.39 is 0 Å². The summed E-state index contributed by atoms with van der Waals surface area (Å²) in [5.74, 6) is -0.194. The Morgan fingerprint density at radius 1 is 1.30 bits per heavy atom. The largest absolute Gasteiger partial charge is 0.398 e. The molecule has 3 N–H and O–H groups in total. The maximum atomic E-state index is 11.9. The van der Waals surface area contributed by atoms with E-state index in [2.05, 4.69) is 5.32 Å². The molecule has 0 saturated carbocycles. The monoisotopic (exact) mass is 295 g/mol. The first-order chi connectivity index (χ1) is 9.58. The Kier molecular flexibility index (Phi) is 4.84. The average molecular weight is 296 g/mol. The van der Waals surface area contributed by atoms with Gasteiger partial charge in [-0.05, 0) is 31.0 Å². The number of hydrogen-bond donors (Lipinski definition) is 2. The summed E-state index contributed by atoms with van der Waals surface area (Å²) in [5, 5.41) is 3.19. The normalized spacial score (nSPS) is 14.3. The van der Waals surface area contributed by atoms with Crippen molar-refractivity contribution < 1.29 is 9.59 Å². The van der Waals surface area contributed by atoms with Crippen molar-refractivity contribution in [3.05, 3.63) is 28.8 Å². The first kappa shape index (κ1) is 14.7. The summed E-state index contributed by atoms with van der Waals surface area (Å²) in [6, 6.07) is 4.73. The number of halogens is 1. The number of hydrogen-bond acceptors (Lipinski definition) is 3. The van der Waals surface area contributed by atoms with Crippen LogP contribution < -0.4 is 11.1 Å². The summed E-state index contributed by atoms with van der Waals surface area (Å²) in [5.41, 5.74) is 6.44. The van der Waals surface area contributed by atoms with Crippen LogP contribution in [0, 0.1) is 0 Å². The van der Waals surface area contributed by atoms with Crippen LogP contribution in [0.15, 0.2) is 18.2 Å². The number of anilines is 1. The molecule has 0 bridgehead atoms. The van der Waals surface area contributed by atoms with Gasteiger partial charge in [0, 0.05) is 36.8 Å². The van der Waals surface area contributed by atoms with Crippen LogP contribution in [0.5, 0.6) is 0 Å². The van der Waals surface area contributed by atoms with Crippen molar-refractivity contribution in [2.75, 3.05) is 25.4 Å². The molecule has 0 radical (unpaired) electrons. The van der Waals surface area contributed by atoms with Gasteiger partial charge in [0.1, 0.15) is 0 Å². The van der Waals surface area contributed by atoms with E-state index in [1.807, 2.05) is 4.90 Å². The minimum Gasteiger partial charge on any atom is -0.398 e. The number of nitrogens with zero attached hydrogens (tertiary/aromatic N) is 1. The van der Waals surface area contributed by atoms with Gasteiger partial charge in [0.05, 0.1) is 5.56 Å². The lowest BCUT2D eigenvalue weighted by Gasteiger charge is -2.15. The van der Waals surface area contributed by atoms with Gasteiger partial charge < -0.3 is 16.0 Å². The van der Waals surface area contributed by atoms with Crippen LogP contribution in [0.2, 0.25) is 5.02 Å². The van der Waals surface area contributed by atoms with Gasteiger partial charge in [-0.3, -0.25) is 9.59 Å². The van der Waals surface area contributed by atoms with E-state index >= 15 is 0 Å². The van der Waals surface area contributed by atoms with Gasteiger partial charge in [0.25, 0.3) is 5.91 Å². The minimum atomic E-state index is -0.284. The molecule has 1 saturated heterocycles. The second-order valence-electron chi connectivity index (χ2n) is 4.83. The highest BCUT2D eigenvalue weighted by atomic mass is 35.5. The van der Waals surface area contributed by atoms with E-state index in [1.54, 1.807) is 12.1 Å².